The summed E-state index contributed by atoms with van der Waals surface area (Å²) in [5.74, 6) is 0.722. The molecule has 7 nitrogen and oxygen atoms in total. The van der Waals surface area contributed by atoms with Crippen LogP contribution in [-0.4, -0.2) is 25.2 Å². The number of anilines is 2. The van der Waals surface area contributed by atoms with Crippen LogP contribution < -0.4 is 16.1 Å². The summed E-state index contributed by atoms with van der Waals surface area (Å²) in [7, 11) is 1.69. The first-order chi connectivity index (χ1) is 15.0. The van der Waals surface area contributed by atoms with Crippen molar-refractivity contribution in [3.63, 3.8) is 0 Å². The van der Waals surface area contributed by atoms with Crippen LogP contribution in [0.4, 0.5) is 11.6 Å². The Hall–Kier alpha value is -3.61. The quantitative estimate of drug-likeness (QED) is 0.516. The summed E-state index contributed by atoms with van der Waals surface area (Å²) in [5.41, 5.74) is 4.69. The molecule has 1 aliphatic rings. The van der Waals surface area contributed by atoms with Crippen LogP contribution in [0, 0.1) is 13.8 Å². The van der Waals surface area contributed by atoms with Gasteiger partial charge < -0.3 is 9.47 Å². The van der Waals surface area contributed by atoms with E-state index in [1.165, 1.54) is 20.3 Å². The number of nitrogens with zero attached hydrogens (tertiary/aromatic N) is 5. The van der Waals surface area contributed by atoms with E-state index in [1.54, 1.807) is 7.05 Å². The van der Waals surface area contributed by atoms with Gasteiger partial charge in [0.2, 0.25) is 5.95 Å². The van der Waals surface area contributed by atoms with Crippen LogP contribution >= 0.6 is 0 Å². The Kier molecular flexibility index (Phi) is 4.54. The predicted octanol–water partition coefficient (Wildman–Crippen LogP) is 3.10. The molecule has 0 amide bonds. The molecule has 158 valence electrons. The zero-order valence-electron chi connectivity index (χ0n) is 18.0. The van der Waals surface area contributed by atoms with E-state index in [9.17, 15) is 9.59 Å². The van der Waals surface area contributed by atoms with Gasteiger partial charge in [-0.05, 0) is 43.0 Å². The number of benzene rings is 2. The number of hydrogen-bond donors (Lipinski definition) is 0. The maximum atomic E-state index is 13.5. The lowest BCUT2D eigenvalue weighted by atomic mass is 10.1. The smallest absolute Gasteiger partial charge is 0.312 e. The monoisotopic (exact) mass is 415 g/mol. The number of rotatable bonds is 3. The number of hydrogen-bond acceptors (Lipinski definition) is 4. The van der Waals surface area contributed by atoms with Crippen molar-refractivity contribution in [3.05, 3.63) is 86.1 Å². The van der Waals surface area contributed by atoms with Gasteiger partial charge in [-0.1, -0.05) is 42.5 Å². The van der Waals surface area contributed by atoms with Crippen molar-refractivity contribution < 1.29 is 0 Å². The molecule has 4 aromatic rings. The minimum Gasteiger partial charge on any atom is -0.312 e. The van der Waals surface area contributed by atoms with Gasteiger partial charge >= 0.3 is 5.69 Å². The van der Waals surface area contributed by atoms with Crippen molar-refractivity contribution in [1.29, 1.82) is 0 Å². The number of aryl methyl sites for hydroxylation is 3. The van der Waals surface area contributed by atoms with Crippen molar-refractivity contribution in [3.8, 4) is 0 Å². The maximum Gasteiger partial charge on any atom is 0.332 e. The topological polar surface area (TPSA) is 65.1 Å². The van der Waals surface area contributed by atoms with Gasteiger partial charge in [0.1, 0.15) is 0 Å². The van der Waals surface area contributed by atoms with E-state index in [1.807, 2.05) is 41.0 Å². The fraction of sp³-hybridized carbons (Fsp3) is 0.292. The molecule has 0 atom stereocenters. The number of aromatic nitrogens is 4. The van der Waals surface area contributed by atoms with Gasteiger partial charge in [-0.25, -0.2) is 4.79 Å². The fourth-order valence-electron chi connectivity index (χ4n) is 4.43. The van der Waals surface area contributed by atoms with Crippen LogP contribution in [0.3, 0.4) is 0 Å². The lowest BCUT2D eigenvalue weighted by molar-refractivity contribution is 0.597. The van der Waals surface area contributed by atoms with Crippen molar-refractivity contribution in [1.82, 2.24) is 18.7 Å². The zero-order chi connectivity index (χ0) is 21.7. The van der Waals surface area contributed by atoms with Gasteiger partial charge in [-0.3, -0.25) is 13.9 Å². The summed E-state index contributed by atoms with van der Waals surface area (Å²) < 4.78 is 4.78. The van der Waals surface area contributed by atoms with E-state index in [4.69, 9.17) is 4.98 Å². The molecule has 0 radical (unpaired) electrons. The average molecular weight is 415 g/mol. The average Bonchev–Trinajstić information content (AvgIpc) is 3.18. The molecule has 2 aromatic carbocycles. The highest BCUT2D eigenvalue weighted by Gasteiger charge is 2.27. The lowest BCUT2D eigenvalue weighted by Crippen LogP contribution is -2.40. The molecule has 0 N–H and O–H groups in total. The molecule has 0 aliphatic carbocycles. The first-order valence-corrected chi connectivity index (χ1v) is 10.5. The minimum absolute atomic E-state index is 0.240. The standard InChI is InChI=1S/C24H25N5O2/c1-16-9-7-12-19(17(16)2)27-13-8-14-28-20-21(25-23(27)28)26(3)24(31)29(22(20)30)15-18-10-5-4-6-11-18/h4-7,9-12H,8,13-15H2,1-3H3. The van der Waals surface area contributed by atoms with Gasteiger partial charge in [0.05, 0.1) is 6.54 Å². The maximum absolute atomic E-state index is 13.5. The summed E-state index contributed by atoms with van der Waals surface area (Å²) in [6.07, 6.45) is 0.896. The third kappa shape index (κ3) is 3.00. The molecular weight excluding hydrogens is 390 g/mol. The Morgan fingerprint density at radius 3 is 2.52 bits per heavy atom. The first-order valence-electron chi connectivity index (χ1n) is 10.5. The molecule has 0 saturated heterocycles. The second-order valence-electron chi connectivity index (χ2n) is 8.18. The number of fused-ring (bicyclic) bond motifs is 3. The predicted molar refractivity (Wildman–Crippen MR) is 122 cm³/mol. The Morgan fingerprint density at radius 1 is 0.968 bits per heavy atom. The van der Waals surface area contributed by atoms with Gasteiger partial charge in [-0.15, -0.1) is 0 Å². The molecule has 0 fully saturated rings. The zero-order valence-corrected chi connectivity index (χ0v) is 18.0. The van der Waals surface area contributed by atoms with Crippen LogP contribution in [0.5, 0.6) is 0 Å². The van der Waals surface area contributed by atoms with Gasteiger partial charge in [0.25, 0.3) is 5.56 Å². The molecule has 7 heteroatoms. The Balaban J connectivity index is 1.73. The lowest BCUT2D eigenvalue weighted by Gasteiger charge is -2.30. The van der Waals surface area contributed by atoms with Crippen molar-refractivity contribution >= 4 is 22.8 Å². The molecule has 3 heterocycles. The molecule has 5 rings (SSSR count). The number of imidazole rings is 1. The van der Waals surface area contributed by atoms with Crippen LogP contribution in [0.25, 0.3) is 11.2 Å². The fourth-order valence-corrected chi connectivity index (χ4v) is 4.43. The third-order valence-electron chi connectivity index (χ3n) is 6.27. The summed E-state index contributed by atoms with van der Waals surface area (Å²) in [6, 6.07) is 15.8. The molecule has 2 aromatic heterocycles. The van der Waals surface area contributed by atoms with E-state index in [0.29, 0.717) is 17.7 Å². The first kappa shape index (κ1) is 19.4. The Morgan fingerprint density at radius 2 is 1.74 bits per heavy atom. The van der Waals surface area contributed by atoms with E-state index >= 15 is 0 Å². The van der Waals surface area contributed by atoms with E-state index in [0.717, 1.165) is 30.2 Å². The van der Waals surface area contributed by atoms with Crippen molar-refractivity contribution in [2.24, 2.45) is 7.05 Å². The molecule has 1 aliphatic heterocycles. The van der Waals surface area contributed by atoms with E-state index in [2.05, 4.69) is 30.9 Å². The van der Waals surface area contributed by atoms with Gasteiger partial charge in [-0.2, -0.15) is 4.98 Å². The van der Waals surface area contributed by atoms with Gasteiger partial charge in [0.15, 0.2) is 11.2 Å². The third-order valence-corrected chi connectivity index (χ3v) is 6.27. The molecule has 0 bridgehead atoms. The second kappa shape index (κ2) is 7.27. The largest absolute Gasteiger partial charge is 0.332 e. The van der Waals surface area contributed by atoms with Crippen LogP contribution in [-0.2, 0) is 20.1 Å². The molecule has 0 unspecified atom stereocenters. The second-order valence-corrected chi connectivity index (χ2v) is 8.18. The molecule has 0 saturated carbocycles. The summed E-state index contributed by atoms with van der Waals surface area (Å²) in [6.45, 7) is 5.96. The van der Waals surface area contributed by atoms with Crippen LogP contribution in [0.2, 0.25) is 0 Å². The van der Waals surface area contributed by atoms with Gasteiger partial charge in [0, 0.05) is 25.8 Å². The highest BCUT2D eigenvalue weighted by Crippen LogP contribution is 2.33. The van der Waals surface area contributed by atoms with Crippen LogP contribution in [0.15, 0.2) is 58.1 Å². The Labute approximate surface area is 179 Å². The molecule has 0 spiro atoms. The molecule has 31 heavy (non-hydrogen) atoms. The van der Waals surface area contributed by atoms with Crippen molar-refractivity contribution in [2.45, 2.75) is 33.4 Å². The highest BCUT2D eigenvalue weighted by atomic mass is 16.2. The van der Waals surface area contributed by atoms with Crippen LogP contribution in [0.1, 0.15) is 23.1 Å². The minimum atomic E-state index is -0.352. The summed E-state index contributed by atoms with van der Waals surface area (Å²) in [5, 5.41) is 0. The van der Waals surface area contributed by atoms with Crippen molar-refractivity contribution in [2.75, 3.05) is 11.4 Å². The highest BCUT2D eigenvalue weighted by molar-refractivity contribution is 5.77. The molecular formula is C24H25N5O2. The van der Waals surface area contributed by atoms with E-state index < -0.39 is 0 Å². The van der Waals surface area contributed by atoms with E-state index in [-0.39, 0.29) is 17.8 Å². The SMILES string of the molecule is Cc1cccc(N2CCCn3c2nc2c3c(=O)n(Cc3ccccc3)c(=O)n2C)c1C. The summed E-state index contributed by atoms with van der Waals surface area (Å²) >= 11 is 0. The Bertz CT molecular complexity index is 1410. The summed E-state index contributed by atoms with van der Waals surface area (Å²) in [4.78, 5) is 33.5. The normalized spacial score (nSPS) is 13.6.